The molecule has 2 amide bonds. The average molecular weight is 727 g/mol. The minimum Gasteiger partial charge on any atom is -0.340 e. The molecule has 3 aromatic carbocycles. The molecule has 2 atom stereocenters. The van der Waals surface area contributed by atoms with Crippen molar-refractivity contribution in [3.63, 3.8) is 0 Å². The minimum atomic E-state index is -0.0902. The van der Waals surface area contributed by atoms with Crippen LogP contribution in [0.2, 0.25) is 0 Å². The van der Waals surface area contributed by atoms with E-state index in [0.29, 0.717) is 24.2 Å². The predicted molar refractivity (Wildman–Crippen MR) is 212 cm³/mol. The number of hydrogen-bond donors (Lipinski definition) is 2. The van der Waals surface area contributed by atoms with Crippen LogP contribution in [0.25, 0.3) is 44.3 Å². The highest BCUT2D eigenvalue weighted by Gasteiger charge is 2.34. The van der Waals surface area contributed by atoms with E-state index in [2.05, 4.69) is 68.5 Å². The Morgan fingerprint density at radius 2 is 1.00 bits per heavy atom. The fourth-order valence-corrected chi connectivity index (χ4v) is 7.49. The molecule has 12 heteroatoms. The quantitative estimate of drug-likeness (QED) is 0.181. The largest absolute Gasteiger partial charge is 0.340 e. The molecule has 6 heterocycles. The molecule has 9 rings (SSSR count). The molecule has 0 unspecified atom stereocenters. The molecule has 2 aliphatic rings. The third-order valence-corrected chi connectivity index (χ3v) is 10.0. The number of amides is 2. The highest BCUT2D eigenvalue weighted by Crippen LogP contribution is 2.36. The number of rotatable bonds is 6. The molecule has 2 aliphatic heterocycles. The minimum absolute atomic E-state index is 0. The maximum atomic E-state index is 13.2. The van der Waals surface area contributed by atoms with Gasteiger partial charge in [0.15, 0.2) is 0 Å². The van der Waals surface area contributed by atoms with Crippen LogP contribution in [0.15, 0.2) is 110 Å². The second kappa shape index (κ2) is 14.6. The van der Waals surface area contributed by atoms with Crippen LogP contribution in [0.1, 0.15) is 70.1 Å². The van der Waals surface area contributed by atoms with Crippen LogP contribution in [0.3, 0.4) is 0 Å². The van der Waals surface area contributed by atoms with Crippen LogP contribution >= 0.6 is 27.0 Å². The molecule has 0 radical (unpaired) electrons. The number of carbonyl (C=O) groups excluding carboxylic acids is 2. The van der Waals surface area contributed by atoms with Gasteiger partial charge in [-0.1, -0.05) is 36.4 Å². The van der Waals surface area contributed by atoms with E-state index in [1.54, 1.807) is 36.9 Å². The van der Waals surface area contributed by atoms with Gasteiger partial charge in [-0.3, -0.25) is 19.6 Å². The predicted octanol–water partition coefficient (Wildman–Crippen LogP) is 7.74. The summed E-state index contributed by atoms with van der Waals surface area (Å²) in [6, 6.07) is 28.1. The number of aromatic nitrogens is 6. The number of carbonyl (C=O) groups is 2. The normalized spacial score (nSPS) is 16.9. The summed E-state index contributed by atoms with van der Waals surface area (Å²) in [7, 11) is 0. The molecule has 10 nitrogen and oxygen atoms in total. The first-order valence-corrected chi connectivity index (χ1v) is 17.1. The Kier molecular flexibility index (Phi) is 9.85. The van der Waals surface area contributed by atoms with Gasteiger partial charge in [-0.2, -0.15) is 27.0 Å². The smallest absolute Gasteiger partial charge is 0.256 e. The second-order valence-corrected chi connectivity index (χ2v) is 13.1. The monoisotopic (exact) mass is 726 g/mol. The van der Waals surface area contributed by atoms with Gasteiger partial charge in [0, 0.05) is 37.9 Å². The fraction of sp³-hybridized carbons (Fsp3) is 0.200. The number of H-pyrrole nitrogens is 2. The number of likely N-dealkylation sites (tertiary alicyclic amines) is 2. The first-order chi connectivity index (χ1) is 24.6. The first kappa shape index (κ1) is 35.0. The highest BCUT2D eigenvalue weighted by atomic mass is 32.1. The van der Waals surface area contributed by atoms with E-state index in [-0.39, 0.29) is 50.9 Å². The Labute approximate surface area is 314 Å². The van der Waals surface area contributed by atoms with Gasteiger partial charge >= 0.3 is 0 Å². The summed E-state index contributed by atoms with van der Waals surface area (Å²) in [6.07, 6.45) is 10.2. The Hall–Kier alpha value is -5.46. The van der Waals surface area contributed by atoms with Crippen LogP contribution in [0, 0.1) is 0 Å². The first-order valence-electron chi connectivity index (χ1n) is 17.1. The summed E-state index contributed by atoms with van der Waals surface area (Å²) >= 11 is 0. The van der Waals surface area contributed by atoms with E-state index in [1.807, 2.05) is 34.1 Å². The van der Waals surface area contributed by atoms with Crippen molar-refractivity contribution in [2.75, 3.05) is 13.1 Å². The molecule has 0 bridgehead atoms. The Morgan fingerprint density at radius 1 is 0.577 bits per heavy atom. The fourth-order valence-electron chi connectivity index (χ4n) is 7.49. The zero-order chi connectivity index (χ0) is 33.6. The maximum absolute atomic E-state index is 13.2. The van der Waals surface area contributed by atoms with E-state index in [0.717, 1.165) is 81.7 Å². The Morgan fingerprint density at radius 3 is 1.40 bits per heavy atom. The third kappa shape index (κ3) is 6.44. The zero-order valence-electron chi connectivity index (χ0n) is 28.3. The third-order valence-electron chi connectivity index (χ3n) is 10.0. The van der Waals surface area contributed by atoms with Crippen molar-refractivity contribution >= 4 is 60.9 Å². The number of imidazole rings is 2. The van der Waals surface area contributed by atoms with E-state index >= 15 is 0 Å². The van der Waals surface area contributed by atoms with Crippen LogP contribution in [0.4, 0.5) is 0 Å². The topological polar surface area (TPSA) is 124 Å². The van der Waals surface area contributed by atoms with E-state index < -0.39 is 0 Å². The SMILES string of the molecule is O=C(c1cccnc1)N1CCC[C@H]1c1nc2ccc(-c3ccc(-c4ccc5nc([C@@H]6CCCN6C(=O)c6cccnc6)[nH]c5c4)cc3)cc2[nH]1.S.S. The molecule has 2 saturated heterocycles. The Balaban J connectivity index is 0.00000210. The molecule has 2 N–H and O–H groups in total. The molecule has 52 heavy (non-hydrogen) atoms. The van der Waals surface area contributed by atoms with E-state index in [4.69, 9.17) is 9.97 Å². The van der Waals surface area contributed by atoms with Crippen LogP contribution in [-0.4, -0.2) is 64.6 Å². The number of aromatic amines is 2. The molecular formula is C40H38N8O2S2. The number of pyridine rings is 2. The standard InChI is InChI=1S/C40H34N8O2.2H2S/c49-39(29-5-1-17-41-23-29)47-19-3-7-35(47)37-43-31-15-13-27(21-33(31)45-37)25-9-11-26(12-10-25)28-14-16-32-34(22-28)46-38(44-32)36-8-4-20-48(36)40(50)30-6-2-18-42-24-30;;/h1-2,5-6,9-18,21-24,35-36H,3-4,7-8,19-20H2,(H,43,45)(H,44,46);2*1H2/t35-,36-;;/m0../s1. The molecule has 7 aromatic rings. The lowest BCUT2D eigenvalue weighted by atomic mass is 10.00. The molecule has 0 aliphatic carbocycles. The van der Waals surface area contributed by atoms with Gasteiger partial charge in [0.2, 0.25) is 0 Å². The zero-order valence-corrected chi connectivity index (χ0v) is 30.3. The lowest BCUT2D eigenvalue weighted by Gasteiger charge is -2.23. The van der Waals surface area contributed by atoms with Crippen LogP contribution in [0.5, 0.6) is 0 Å². The number of nitrogens with zero attached hydrogens (tertiary/aromatic N) is 6. The molecular weight excluding hydrogens is 689 g/mol. The van der Waals surface area contributed by atoms with Crippen molar-refractivity contribution in [3.05, 3.63) is 132 Å². The van der Waals surface area contributed by atoms with Crippen molar-refractivity contribution in [1.29, 1.82) is 0 Å². The second-order valence-electron chi connectivity index (χ2n) is 13.1. The lowest BCUT2D eigenvalue weighted by molar-refractivity contribution is 0.0722. The molecule has 2 fully saturated rings. The number of hydrogen-bond acceptors (Lipinski definition) is 6. The van der Waals surface area contributed by atoms with Gasteiger partial charge < -0.3 is 19.8 Å². The molecule has 4 aromatic heterocycles. The average Bonchev–Trinajstić information content (AvgIpc) is 4.00. The van der Waals surface area contributed by atoms with Gasteiger partial charge in [-0.25, -0.2) is 9.97 Å². The summed E-state index contributed by atoms with van der Waals surface area (Å²) in [4.78, 5) is 55.4. The lowest BCUT2D eigenvalue weighted by Crippen LogP contribution is -2.31. The van der Waals surface area contributed by atoms with E-state index in [1.165, 1.54) is 0 Å². The van der Waals surface area contributed by atoms with Crippen LogP contribution in [-0.2, 0) is 0 Å². The highest BCUT2D eigenvalue weighted by molar-refractivity contribution is 7.59. The number of benzene rings is 3. The van der Waals surface area contributed by atoms with Crippen molar-refractivity contribution in [2.45, 2.75) is 37.8 Å². The Bertz CT molecular complexity index is 2200. The summed E-state index contributed by atoms with van der Waals surface area (Å²) in [5.74, 6) is 1.62. The summed E-state index contributed by atoms with van der Waals surface area (Å²) in [5, 5.41) is 0. The van der Waals surface area contributed by atoms with Gasteiger partial charge in [-0.15, -0.1) is 0 Å². The molecule has 0 saturated carbocycles. The van der Waals surface area contributed by atoms with E-state index in [9.17, 15) is 9.59 Å². The summed E-state index contributed by atoms with van der Waals surface area (Å²) in [5.41, 5.74) is 9.25. The number of nitrogens with one attached hydrogen (secondary N) is 2. The van der Waals surface area contributed by atoms with Crippen LogP contribution < -0.4 is 0 Å². The van der Waals surface area contributed by atoms with Gasteiger partial charge in [0.25, 0.3) is 11.8 Å². The summed E-state index contributed by atoms with van der Waals surface area (Å²) < 4.78 is 0. The van der Waals surface area contributed by atoms with Crippen molar-refractivity contribution in [2.24, 2.45) is 0 Å². The number of fused-ring (bicyclic) bond motifs is 2. The van der Waals surface area contributed by atoms with Gasteiger partial charge in [0.05, 0.1) is 45.3 Å². The maximum Gasteiger partial charge on any atom is 0.256 e. The van der Waals surface area contributed by atoms with Crippen molar-refractivity contribution < 1.29 is 9.59 Å². The van der Waals surface area contributed by atoms with Crippen molar-refractivity contribution in [1.82, 2.24) is 39.7 Å². The molecule has 0 spiro atoms. The van der Waals surface area contributed by atoms with Gasteiger partial charge in [-0.05, 0) is 96.5 Å². The van der Waals surface area contributed by atoms with Gasteiger partial charge in [0.1, 0.15) is 11.6 Å². The van der Waals surface area contributed by atoms with Crippen molar-refractivity contribution in [3.8, 4) is 22.3 Å². The summed E-state index contributed by atoms with van der Waals surface area (Å²) in [6.45, 7) is 1.41. The molecule has 262 valence electrons.